The molecule has 0 aliphatic heterocycles. The Morgan fingerprint density at radius 3 is 2.46 bits per heavy atom. The number of carboxylic acids is 1. The van der Waals surface area contributed by atoms with Gasteiger partial charge in [-0.1, -0.05) is 30.3 Å². The van der Waals surface area contributed by atoms with Gasteiger partial charge in [0.15, 0.2) is 0 Å². The van der Waals surface area contributed by atoms with Crippen LogP contribution in [0.15, 0.2) is 36.4 Å². The van der Waals surface area contributed by atoms with E-state index in [0.29, 0.717) is 0 Å². The molecule has 0 aromatic heterocycles. The van der Waals surface area contributed by atoms with Crippen LogP contribution in [-0.4, -0.2) is 17.3 Å². The minimum atomic E-state index is -0.909. The first-order chi connectivity index (χ1) is 6.24. The van der Waals surface area contributed by atoms with Crippen LogP contribution < -0.4 is 0 Å². The molecule has 1 aromatic carbocycles. The number of hydrogen-bond donors (Lipinski definition) is 1. The lowest BCUT2D eigenvalue weighted by Crippen LogP contribution is -1.89. The van der Waals surface area contributed by atoms with Gasteiger partial charge < -0.3 is 5.11 Å². The molecule has 1 aromatic rings. The van der Waals surface area contributed by atoms with E-state index < -0.39 is 5.97 Å². The van der Waals surface area contributed by atoms with E-state index in [0.717, 1.165) is 10.5 Å². The molecule has 0 radical (unpaired) electrons. The molecule has 1 rings (SSSR count). The fraction of sp³-hybridized carbons (Fsp3) is 0.100. The van der Waals surface area contributed by atoms with E-state index in [2.05, 4.69) is 0 Å². The normalized spacial score (nSPS) is 11.3. The molecule has 0 amide bonds. The molecular weight excluding hydrogens is 184 g/mol. The number of aliphatic carboxylic acids is 1. The highest BCUT2D eigenvalue weighted by Crippen LogP contribution is 2.24. The zero-order valence-corrected chi connectivity index (χ0v) is 8.04. The van der Waals surface area contributed by atoms with E-state index in [4.69, 9.17) is 5.11 Å². The van der Waals surface area contributed by atoms with Crippen molar-refractivity contribution in [3.63, 3.8) is 0 Å². The van der Waals surface area contributed by atoms with Crippen LogP contribution in [0.25, 0.3) is 4.91 Å². The zero-order chi connectivity index (χ0) is 9.68. The lowest BCUT2D eigenvalue weighted by molar-refractivity contribution is -0.131. The Morgan fingerprint density at radius 1 is 1.38 bits per heavy atom. The summed E-state index contributed by atoms with van der Waals surface area (Å²) in [4.78, 5) is 11.2. The fourth-order valence-corrected chi connectivity index (χ4v) is 1.57. The molecular formula is C10H10O2S. The molecule has 68 valence electrons. The lowest BCUT2D eigenvalue weighted by atomic mass is 10.2. The van der Waals surface area contributed by atoms with Crippen LogP contribution in [0.5, 0.6) is 0 Å². The highest BCUT2D eigenvalue weighted by atomic mass is 32.2. The fourth-order valence-electron chi connectivity index (χ4n) is 0.975. The summed E-state index contributed by atoms with van der Waals surface area (Å²) in [5.74, 6) is -0.909. The van der Waals surface area contributed by atoms with Crippen molar-refractivity contribution in [3.05, 3.63) is 42.0 Å². The van der Waals surface area contributed by atoms with Gasteiger partial charge in [0.2, 0.25) is 0 Å². The Labute approximate surface area is 81.3 Å². The maximum absolute atomic E-state index is 10.5. The largest absolute Gasteiger partial charge is 0.478 e. The highest BCUT2D eigenvalue weighted by Gasteiger charge is 2.00. The van der Waals surface area contributed by atoms with E-state index in [9.17, 15) is 4.79 Å². The predicted molar refractivity (Wildman–Crippen MR) is 55.6 cm³/mol. The molecule has 1 N–H and O–H groups in total. The molecule has 0 fully saturated rings. The van der Waals surface area contributed by atoms with Gasteiger partial charge in [-0.2, -0.15) is 0 Å². The van der Waals surface area contributed by atoms with E-state index in [1.165, 1.54) is 17.8 Å². The van der Waals surface area contributed by atoms with E-state index in [1.54, 1.807) is 0 Å². The quantitative estimate of drug-likeness (QED) is 0.751. The molecule has 0 saturated heterocycles. The number of benzene rings is 1. The van der Waals surface area contributed by atoms with Crippen LogP contribution in [0.2, 0.25) is 0 Å². The summed E-state index contributed by atoms with van der Waals surface area (Å²) in [6.45, 7) is 0. The third kappa shape index (κ3) is 2.95. The number of thioether (sulfide) groups is 1. The van der Waals surface area contributed by atoms with Crippen LogP contribution in [0, 0.1) is 0 Å². The average molecular weight is 194 g/mol. The summed E-state index contributed by atoms with van der Waals surface area (Å²) in [6, 6.07) is 9.47. The van der Waals surface area contributed by atoms with Crippen molar-refractivity contribution in [2.45, 2.75) is 0 Å². The second-order valence-electron chi connectivity index (χ2n) is 2.42. The third-order valence-electron chi connectivity index (χ3n) is 1.53. The average Bonchev–Trinajstić information content (AvgIpc) is 2.15. The summed E-state index contributed by atoms with van der Waals surface area (Å²) in [6.07, 6.45) is 3.09. The van der Waals surface area contributed by atoms with Crippen molar-refractivity contribution in [2.24, 2.45) is 0 Å². The second kappa shape index (κ2) is 4.72. The monoisotopic (exact) mass is 194 g/mol. The third-order valence-corrected chi connectivity index (χ3v) is 2.33. The van der Waals surface area contributed by atoms with Crippen molar-refractivity contribution in [1.29, 1.82) is 0 Å². The number of carbonyl (C=O) groups is 1. The van der Waals surface area contributed by atoms with Gasteiger partial charge in [0.1, 0.15) is 0 Å². The predicted octanol–water partition coefficient (Wildman–Crippen LogP) is 2.48. The molecule has 0 bridgehead atoms. The van der Waals surface area contributed by atoms with Crippen LogP contribution in [0.1, 0.15) is 5.56 Å². The summed E-state index contributed by atoms with van der Waals surface area (Å²) in [7, 11) is 0. The number of rotatable bonds is 3. The van der Waals surface area contributed by atoms with Gasteiger partial charge in [-0.3, -0.25) is 0 Å². The van der Waals surface area contributed by atoms with E-state index >= 15 is 0 Å². The molecule has 0 heterocycles. The maximum atomic E-state index is 10.5. The molecule has 0 aliphatic carbocycles. The minimum Gasteiger partial charge on any atom is -0.478 e. The van der Waals surface area contributed by atoms with Gasteiger partial charge in [-0.25, -0.2) is 4.79 Å². The summed E-state index contributed by atoms with van der Waals surface area (Å²) in [5, 5.41) is 8.59. The second-order valence-corrected chi connectivity index (χ2v) is 3.27. The molecule has 0 unspecified atom stereocenters. The van der Waals surface area contributed by atoms with Gasteiger partial charge in [-0.05, 0) is 11.8 Å². The molecule has 0 saturated carbocycles. The standard InChI is InChI=1S/C10H10O2S/c1-13-9(7-10(11)12)8-5-3-2-4-6-8/h2-7H,1H3,(H,11,12)/b9-7+. The SMILES string of the molecule is CS/C(=C/C(=O)O)c1ccccc1. The van der Waals surface area contributed by atoms with Gasteiger partial charge in [-0.15, -0.1) is 11.8 Å². The summed E-state index contributed by atoms with van der Waals surface area (Å²) >= 11 is 1.43. The molecule has 0 atom stereocenters. The van der Waals surface area contributed by atoms with Gasteiger partial charge >= 0.3 is 5.97 Å². The lowest BCUT2D eigenvalue weighted by Gasteiger charge is -2.01. The number of carboxylic acid groups (broad SMARTS) is 1. The Morgan fingerprint density at radius 2 is 2.00 bits per heavy atom. The molecule has 0 spiro atoms. The van der Waals surface area contributed by atoms with Crippen molar-refractivity contribution < 1.29 is 9.90 Å². The first kappa shape index (κ1) is 9.86. The van der Waals surface area contributed by atoms with E-state index in [-0.39, 0.29) is 0 Å². The Hall–Kier alpha value is -1.22. The van der Waals surface area contributed by atoms with Crippen molar-refractivity contribution in [3.8, 4) is 0 Å². The summed E-state index contributed by atoms with van der Waals surface area (Å²) < 4.78 is 0. The van der Waals surface area contributed by atoms with Gasteiger partial charge in [0.05, 0.1) is 0 Å². The summed E-state index contributed by atoms with van der Waals surface area (Å²) in [5.41, 5.74) is 0.942. The minimum absolute atomic E-state index is 0.771. The van der Waals surface area contributed by atoms with Crippen molar-refractivity contribution in [1.82, 2.24) is 0 Å². The molecule has 3 heteroatoms. The number of hydrogen-bond acceptors (Lipinski definition) is 2. The topological polar surface area (TPSA) is 37.3 Å². The Kier molecular flexibility index (Phi) is 3.58. The molecule has 2 nitrogen and oxygen atoms in total. The van der Waals surface area contributed by atoms with Crippen LogP contribution >= 0.6 is 11.8 Å². The van der Waals surface area contributed by atoms with Gasteiger partial charge in [0.25, 0.3) is 0 Å². The van der Waals surface area contributed by atoms with Crippen molar-refractivity contribution >= 4 is 22.6 Å². The Bertz CT molecular complexity index is 317. The van der Waals surface area contributed by atoms with Crippen LogP contribution in [0.4, 0.5) is 0 Å². The van der Waals surface area contributed by atoms with E-state index in [1.807, 2.05) is 36.6 Å². The molecule has 0 aliphatic rings. The van der Waals surface area contributed by atoms with Gasteiger partial charge in [0, 0.05) is 11.0 Å². The Balaban J connectivity index is 2.98. The van der Waals surface area contributed by atoms with Crippen LogP contribution in [0.3, 0.4) is 0 Å². The maximum Gasteiger partial charge on any atom is 0.329 e. The van der Waals surface area contributed by atoms with Crippen molar-refractivity contribution in [2.75, 3.05) is 6.26 Å². The van der Waals surface area contributed by atoms with Crippen LogP contribution in [-0.2, 0) is 4.79 Å². The first-order valence-corrected chi connectivity index (χ1v) is 5.00. The first-order valence-electron chi connectivity index (χ1n) is 3.78. The smallest absolute Gasteiger partial charge is 0.329 e. The highest BCUT2D eigenvalue weighted by molar-refractivity contribution is 8.07. The molecule has 13 heavy (non-hydrogen) atoms. The zero-order valence-electron chi connectivity index (χ0n) is 7.23.